The molecule has 0 saturated heterocycles. The molecular formula is C19H24N2O4. The van der Waals surface area contributed by atoms with Gasteiger partial charge < -0.3 is 14.5 Å². The third-order valence-corrected chi connectivity index (χ3v) is 4.02. The van der Waals surface area contributed by atoms with Gasteiger partial charge in [0.25, 0.3) is 5.91 Å². The monoisotopic (exact) mass is 344 g/mol. The van der Waals surface area contributed by atoms with Gasteiger partial charge in [0.2, 0.25) is 0 Å². The molecular weight excluding hydrogens is 320 g/mol. The van der Waals surface area contributed by atoms with E-state index in [0.29, 0.717) is 42.0 Å². The second-order valence-corrected chi connectivity index (χ2v) is 6.06. The molecule has 1 aromatic heterocycles. The number of likely N-dealkylation sites (N-methyl/N-ethyl adjacent to an activating group) is 1. The lowest BCUT2D eigenvalue weighted by Gasteiger charge is -2.15. The Morgan fingerprint density at radius 3 is 2.48 bits per heavy atom. The van der Waals surface area contributed by atoms with E-state index in [9.17, 15) is 9.59 Å². The second kappa shape index (κ2) is 8.58. The minimum absolute atomic E-state index is 0.0443. The number of aryl methyl sites for hydroxylation is 1. The van der Waals surface area contributed by atoms with Crippen LogP contribution in [-0.4, -0.2) is 47.1 Å². The van der Waals surface area contributed by atoms with E-state index in [1.807, 2.05) is 19.1 Å². The van der Waals surface area contributed by atoms with Crippen LogP contribution in [0, 0.1) is 0 Å². The number of Topliss-reactive ketones (excluding diaryl/α,β-unsaturated/α-hetero) is 1. The Morgan fingerprint density at radius 1 is 1.24 bits per heavy atom. The molecule has 0 unspecified atom stereocenters. The summed E-state index contributed by atoms with van der Waals surface area (Å²) >= 11 is 0. The topological polar surface area (TPSA) is 83.6 Å². The summed E-state index contributed by atoms with van der Waals surface area (Å²) < 4.78 is 5.39. The molecule has 6 nitrogen and oxygen atoms in total. The van der Waals surface area contributed by atoms with Crippen LogP contribution >= 0.6 is 0 Å². The second-order valence-electron chi connectivity index (χ2n) is 6.06. The van der Waals surface area contributed by atoms with Crippen molar-refractivity contribution >= 4 is 11.7 Å². The smallest absolute Gasteiger partial charge is 0.253 e. The van der Waals surface area contributed by atoms with Gasteiger partial charge in [-0.2, -0.15) is 0 Å². The van der Waals surface area contributed by atoms with Crippen LogP contribution in [-0.2, 0) is 12.8 Å². The van der Waals surface area contributed by atoms with E-state index in [4.69, 9.17) is 9.63 Å². The van der Waals surface area contributed by atoms with Gasteiger partial charge in [-0.25, -0.2) is 0 Å². The molecule has 0 spiro atoms. The molecule has 2 rings (SSSR count). The average molecular weight is 344 g/mol. The fourth-order valence-corrected chi connectivity index (χ4v) is 2.71. The lowest BCUT2D eigenvalue weighted by molar-refractivity contribution is 0.0767. The van der Waals surface area contributed by atoms with Gasteiger partial charge in [0.15, 0.2) is 11.5 Å². The van der Waals surface area contributed by atoms with Crippen LogP contribution in [0.2, 0.25) is 0 Å². The number of benzene rings is 1. The third-order valence-electron chi connectivity index (χ3n) is 4.02. The number of hydrogen-bond donors (Lipinski definition) is 1. The minimum atomic E-state index is -0.144. The highest BCUT2D eigenvalue weighted by Gasteiger charge is 2.19. The summed E-state index contributed by atoms with van der Waals surface area (Å²) in [4.78, 5) is 25.6. The van der Waals surface area contributed by atoms with Crippen LogP contribution in [0.3, 0.4) is 0 Å². The van der Waals surface area contributed by atoms with Crippen LogP contribution in [0.15, 0.2) is 28.8 Å². The molecule has 6 heteroatoms. The predicted octanol–water partition coefficient (Wildman–Crippen LogP) is 2.48. The summed E-state index contributed by atoms with van der Waals surface area (Å²) in [5, 5.41) is 12.9. The van der Waals surface area contributed by atoms with Crippen LogP contribution in [0.25, 0.3) is 0 Å². The van der Waals surface area contributed by atoms with Gasteiger partial charge in [0.05, 0.1) is 17.9 Å². The zero-order chi connectivity index (χ0) is 18.4. The largest absolute Gasteiger partial charge is 0.395 e. The Balaban J connectivity index is 2.17. The highest BCUT2D eigenvalue weighted by molar-refractivity contribution is 5.96. The Kier molecular flexibility index (Phi) is 6.47. The summed E-state index contributed by atoms with van der Waals surface area (Å²) in [5.41, 5.74) is 2.77. The number of aliphatic hydroxyl groups is 1. The maximum absolute atomic E-state index is 12.2. The first-order chi connectivity index (χ1) is 12.0. The predicted molar refractivity (Wildman–Crippen MR) is 93.8 cm³/mol. The molecule has 0 radical (unpaired) electrons. The average Bonchev–Trinajstić information content (AvgIpc) is 2.98. The summed E-state index contributed by atoms with van der Waals surface area (Å²) in [5.74, 6) is 0.375. The maximum Gasteiger partial charge on any atom is 0.253 e. The molecule has 134 valence electrons. The van der Waals surface area contributed by atoms with E-state index < -0.39 is 0 Å². The lowest BCUT2D eigenvalue weighted by Crippen LogP contribution is -2.29. The van der Waals surface area contributed by atoms with Crippen LogP contribution in [0.5, 0.6) is 0 Å². The van der Waals surface area contributed by atoms with E-state index in [-0.39, 0.29) is 18.3 Å². The fourth-order valence-electron chi connectivity index (χ4n) is 2.71. The summed E-state index contributed by atoms with van der Waals surface area (Å²) in [6, 6.07) is 7.16. The highest BCUT2D eigenvalue weighted by atomic mass is 16.5. The van der Waals surface area contributed by atoms with Gasteiger partial charge in [-0.1, -0.05) is 30.6 Å². The van der Waals surface area contributed by atoms with Crippen molar-refractivity contribution in [1.29, 1.82) is 0 Å². The lowest BCUT2D eigenvalue weighted by atomic mass is 10.0. The molecule has 1 N–H and O–H groups in total. The van der Waals surface area contributed by atoms with Crippen molar-refractivity contribution < 1.29 is 19.2 Å². The Hall–Kier alpha value is -2.47. The van der Waals surface area contributed by atoms with Crippen LogP contribution in [0.1, 0.15) is 58.0 Å². The van der Waals surface area contributed by atoms with Gasteiger partial charge in [0, 0.05) is 25.6 Å². The van der Waals surface area contributed by atoms with E-state index in [0.717, 1.165) is 12.0 Å². The third kappa shape index (κ3) is 4.54. The molecule has 0 aliphatic carbocycles. The summed E-state index contributed by atoms with van der Waals surface area (Å²) in [6.45, 7) is 3.77. The Labute approximate surface area is 147 Å². The van der Waals surface area contributed by atoms with Crippen molar-refractivity contribution in [2.24, 2.45) is 0 Å². The number of ketones is 1. The number of carbonyl (C=O) groups excluding carboxylic acids is 2. The number of carbonyl (C=O) groups is 2. The van der Waals surface area contributed by atoms with Gasteiger partial charge >= 0.3 is 0 Å². The van der Waals surface area contributed by atoms with E-state index in [2.05, 4.69) is 5.16 Å². The summed E-state index contributed by atoms with van der Waals surface area (Å²) in [6.07, 6.45) is 2.06. The van der Waals surface area contributed by atoms with Crippen LogP contribution in [0.4, 0.5) is 0 Å². The quantitative estimate of drug-likeness (QED) is 0.744. The molecule has 1 aromatic carbocycles. The molecule has 2 aromatic rings. The van der Waals surface area contributed by atoms with Crippen molar-refractivity contribution in [2.45, 2.75) is 33.1 Å². The zero-order valence-electron chi connectivity index (χ0n) is 14.9. The first-order valence-corrected chi connectivity index (χ1v) is 8.41. The van der Waals surface area contributed by atoms with E-state index in [1.54, 1.807) is 19.2 Å². The number of aliphatic hydroxyl groups excluding tert-OH is 1. The van der Waals surface area contributed by atoms with Crippen molar-refractivity contribution in [3.63, 3.8) is 0 Å². The number of nitrogens with zero attached hydrogens (tertiary/aromatic N) is 2. The molecule has 0 atom stereocenters. The van der Waals surface area contributed by atoms with Crippen molar-refractivity contribution in [2.75, 3.05) is 20.2 Å². The number of hydrogen-bond acceptors (Lipinski definition) is 5. The molecule has 0 saturated carbocycles. The van der Waals surface area contributed by atoms with Crippen molar-refractivity contribution in [1.82, 2.24) is 10.1 Å². The highest BCUT2D eigenvalue weighted by Crippen LogP contribution is 2.20. The van der Waals surface area contributed by atoms with Crippen molar-refractivity contribution in [3.05, 3.63) is 52.4 Å². The first-order valence-electron chi connectivity index (χ1n) is 8.41. The van der Waals surface area contributed by atoms with Gasteiger partial charge in [-0.3, -0.25) is 9.59 Å². The molecule has 0 aliphatic heterocycles. The SMILES string of the molecule is CCCc1noc(Cc2ccc(C(=O)N(C)CCO)cc2)c1C(C)=O. The zero-order valence-corrected chi connectivity index (χ0v) is 14.9. The molecule has 25 heavy (non-hydrogen) atoms. The molecule has 0 fully saturated rings. The molecule has 0 aliphatic rings. The van der Waals surface area contributed by atoms with Crippen LogP contribution < -0.4 is 0 Å². The summed E-state index contributed by atoms with van der Waals surface area (Å²) in [7, 11) is 1.65. The minimum Gasteiger partial charge on any atom is -0.395 e. The van der Waals surface area contributed by atoms with Gasteiger partial charge in [-0.05, 0) is 31.0 Å². The van der Waals surface area contributed by atoms with Gasteiger partial charge in [-0.15, -0.1) is 0 Å². The van der Waals surface area contributed by atoms with E-state index >= 15 is 0 Å². The Bertz CT molecular complexity index is 734. The number of rotatable bonds is 8. The fraction of sp³-hybridized carbons (Fsp3) is 0.421. The normalized spacial score (nSPS) is 10.7. The molecule has 1 heterocycles. The van der Waals surface area contributed by atoms with E-state index in [1.165, 1.54) is 11.8 Å². The first kappa shape index (κ1) is 18.9. The number of amides is 1. The number of aromatic nitrogens is 1. The van der Waals surface area contributed by atoms with Crippen molar-refractivity contribution in [3.8, 4) is 0 Å². The molecule has 0 bridgehead atoms. The maximum atomic E-state index is 12.2. The Morgan fingerprint density at radius 2 is 1.92 bits per heavy atom. The van der Waals surface area contributed by atoms with Gasteiger partial charge in [0.1, 0.15) is 0 Å². The standard InChI is InChI=1S/C19H24N2O4/c1-4-5-16-18(13(2)23)17(25-20-16)12-14-6-8-15(9-7-14)19(24)21(3)10-11-22/h6-9,22H,4-5,10-12H2,1-3H3. The molecule has 1 amide bonds.